The van der Waals surface area contributed by atoms with Crippen LogP contribution in [0.3, 0.4) is 0 Å². The maximum Gasteiger partial charge on any atom is 0.296 e. The van der Waals surface area contributed by atoms with Crippen LogP contribution in [0.5, 0.6) is 0 Å². The number of anilines is 1. The summed E-state index contributed by atoms with van der Waals surface area (Å²) in [6.07, 6.45) is 6.21. The number of carbonyl (C=O) groups excluding carboxylic acids is 1. The molecule has 0 saturated heterocycles. The summed E-state index contributed by atoms with van der Waals surface area (Å²) in [7, 11) is 0. The van der Waals surface area contributed by atoms with Crippen LogP contribution in [0.2, 0.25) is 0 Å². The highest BCUT2D eigenvalue weighted by molar-refractivity contribution is 6.01. The van der Waals surface area contributed by atoms with Crippen LogP contribution < -0.4 is 5.32 Å². The molecule has 11 heteroatoms. The van der Waals surface area contributed by atoms with E-state index in [1.165, 1.54) is 18.6 Å². The fourth-order valence-corrected chi connectivity index (χ4v) is 2.08. The molecule has 126 valence electrons. The van der Waals surface area contributed by atoms with E-state index in [0.29, 0.717) is 11.5 Å². The van der Waals surface area contributed by atoms with Gasteiger partial charge in [-0.15, -0.1) is 5.10 Å². The standard InChI is InChI=1S/C15H10N10O/c26-14(13-22-23-24-25(13)15-18-7-3-8-19-15)21-11-5-9-17-12(20-11)10-4-1-2-6-16-10/h1-9H,(H,17,20,21,26). The van der Waals surface area contributed by atoms with E-state index in [9.17, 15) is 4.79 Å². The first-order chi connectivity index (χ1) is 12.8. The Morgan fingerprint density at radius 3 is 2.58 bits per heavy atom. The summed E-state index contributed by atoms with van der Waals surface area (Å²) in [5.74, 6) is 0.213. The second-order valence-corrected chi connectivity index (χ2v) is 4.90. The van der Waals surface area contributed by atoms with Gasteiger partial charge in [0.05, 0.1) is 0 Å². The molecule has 0 aliphatic carbocycles. The highest BCUT2D eigenvalue weighted by Gasteiger charge is 2.19. The predicted molar refractivity (Wildman–Crippen MR) is 88.0 cm³/mol. The second-order valence-electron chi connectivity index (χ2n) is 4.90. The number of hydrogen-bond donors (Lipinski definition) is 1. The summed E-state index contributed by atoms with van der Waals surface area (Å²) < 4.78 is 1.14. The molecular formula is C15H10N10O. The third kappa shape index (κ3) is 3.08. The fraction of sp³-hybridized carbons (Fsp3) is 0. The summed E-state index contributed by atoms with van der Waals surface area (Å²) in [5.41, 5.74) is 0.589. The van der Waals surface area contributed by atoms with Gasteiger partial charge >= 0.3 is 0 Å². The lowest BCUT2D eigenvalue weighted by molar-refractivity contribution is 0.101. The maximum atomic E-state index is 12.5. The van der Waals surface area contributed by atoms with Gasteiger partial charge in [-0.2, -0.15) is 4.68 Å². The molecule has 4 heterocycles. The van der Waals surface area contributed by atoms with Gasteiger partial charge < -0.3 is 5.32 Å². The molecule has 0 radical (unpaired) electrons. The maximum absolute atomic E-state index is 12.5. The molecule has 0 aromatic carbocycles. The van der Waals surface area contributed by atoms with Crippen molar-refractivity contribution in [2.45, 2.75) is 0 Å². The van der Waals surface area contributed by atoms with Crippen LogP contribution in [0.1, 0.15) is 10.6 Å². The Morgan fingerprint density at radius 2 is 1.77 bits per heavy atom. The van der Waals surface area contributed by atoms with Crippen LogP contribution in [-0.4, -0.2) is 51.0 Å². The highest BCUT2D eigenvalue weighted by atomic mass is 16.2. The zero-order valence-electron chi connectivity index (χ0n) is 13.1. The molecule has 4 aromatic rings. The molecule has 0 spiro atoms. The van der Waals surface area contributed by atoms with Crippen LogP contribution in [-0.2, 0) is 0 Å². The summed E-state index contributed by atoms with van der Waals surface area (Å²) >= 11 is 0. The molecule has 1 amide bonds. The average molecular weight is 346 g/mol. The van der Waals surface area contributed by atoms with Gasteiger partial charge in [-0.25, -0.2) is 19.9 Å². The van der Waals surface area contributed by atoms with Crippen LogP contribution in [0.4, 0.5) is 5.82 Å². The lowest BCUT2D eigenvalue weighted by atomic mass is 10.3. The first-order valence-electron chi connectivity index (χ1n) is 7.43. The van der Waals surface area contributed by atoms with Crippen molar-refractivity contribution in [2.24, 2.45) is 0 Å². The lowest BCUT2D eigenvalue weighted by Crippen LogP contribution is -2.20. The Balaban J connectivity index is 1.60. The molecule has 1 N–H and O–H groups in total. The molecule has 0 aliphatic heterocycles. The van der Waals surface area contributed by atoms with E-state index < -0.39 is 5.91 Å². The number of hydrogen-bond acceptors (Lipinski definition) is 9. The number of rotatable bonds is 4. The molecular weight excluding hydrogens is 336 g/mol. The van der Waals surface area contributed by atoms with Gasteiger partial charge in [0.15, 0.2) is 5.82 Å². The molecule has 4 rings (SSSR count). The van der Waals surface area contributed by atoms with Crippen molar-refractivity contribution in [3.8, 4) is 17.5 Å². The van der Waals surface area contributed by atoms with Crippen LogP contribution in [0.25, 0.3) is 17.5 Å². The van der Waals surface area contributed by atoms with Crippen LogP contribution in [0.15, 0.2) is 55.1 Å². The Bertz CT molecular complexity index is 1030. The molecule has 4 aromatic heterocycles. The number of tetrazole rings is 1. The van der Waals surface area contributed by atoms with Crippen LogP contribution in [0, 0.1) is 0 Å². The van der Waals surface area contributed by atoms with Crippen molar-refractivity contribution in [1.29, 1.82) is 0 Å². The Labute approximate surface area is 146 Å². The number of nitrogens with zero attached hydrogens (tertiary/aromatic N) is 9. The fourth-order valence-electron chi connectivity index (χ4n) is 2.08. The molecule has 0 aliphatic rings. The van der Waals surface area contributed by atoms with Gasteiger partial charge in [0, 0.05) is 24.8 Å². The van der Waals surface area contributed by atoms with Gasteiger partial charge in [0.1, 0.15) is 11.5 Å². The molecule has 0 saturated carbocycles. The highest BCUT2D eigenvalue weighted by Crippen LogP contribution is 2.13. The minimum absolute atomic E-state index is 0.0748. The molecule has 11 nitrogen and oxygen atoms in total. The normalized spacial score (nSPS) is 10.5. The van der Waals surface area contributed by atoms with E-state index in [0.717, 1.165) is 4.68 Å². The number of pyridine rings is 1. The summed E-state index contributed by atoms with van der Waals surface area (Å²) in [4.78, 5) is 33.2. The van der Waals surface area contributed by atoms with Crippen LogP contribution >= 0.6 is 0 Å². The van der Waals surface area contributed by atoms with Gasteiger partial charge in [-0.3, -0.25) is 9.78 Å². The Kier molecular flexibility index (Phi) is 4.00. The molecule has 0 fully saturated rings. The summed E-state index contributed by atoms with van der Waals surface area (Å²) in [6, 6.07) is 8.59. The molecule has 0 atom stereocenters. The first-order valence-corrected chi connectivity index (χ1v) is 7.43. The number of carbonyl (C=O) groups is 1. The second kappa shape index (κ2) is 6.76. The number of aromatic nitrogens is 9. The van der Waals surface area contributed by atoms with Gasteiger partial charge in [-0.05, 0) is 34.7 Å². The topological polar surface area (TPSA) is 137 Å². The van der Waals surface area contributed by atoms with E-state index in [-0.39, 0.29) is 17.6 Å². The SMILES string of the molecule is O=C(Nc1ccnc(-c2ccccn2)n1)c1nnnn1-c1ncccn1. The number of amides is 1. The van der Waals surface area contributed by atoms with Crippen molar-refractivity contribution in [1.82, 2.24) is 45.1 Å². The molecule has 26 heavy (non-hydrogen) atoms. The van der Waals surface area contributed by atoms with E-state index in [1.807, 2.05) is 6.07 Å². The zero-order valence-corrected chi connectivity index (χ0v) is 13.1. The minimum Gasteiger partial charge on any atom is -0.304 e. The van der Waals surface area contributed by atoms with E-state index in [1.54, 1.807) is 30.5 Å². The minimum atomic E-state index is -0.562. The predicted octanol–water partition coefficient (Wildman–Crippen LogP) is 0.557. The smallest absolute Gasteiger partial charge is 0.296 e. The third-order valence-electron chi connectivity index (χ3n) is 3.21. The van der Waals surface area contributed by atoms with Gasteiger partial charge in [-0.1, -0.05) is 6.07 Å². The van der Waals surface area contributed by atoms with Crippen molar-refractivity contribution in [2.75, 3.05) is 5.32 Å². The van der Waals surface area contributed by atoms with Gasteiger partial charge in [0.25, 0.3) is 11.9 Å². The summed E-state index contributed by atoms with van der Waals surface area (Å²) in [5, 5.41) is 13.6. The Morgan fingerprint density at radius 1 is 0.923 bits per heavy atom. The van der Waals surface area contributed by atoms with E-state index in [2.05, 4.69) is 45.8 Å². The molecule has 0 bridgehead atoms. The first kappa shape index (κ1) is 15.4. The Hall–Kier alpha value is -4.15. The van der Waals surface area contributed by atoms with Gasteiger partial charge in [0.2, 0.25) is 5.82 Å². The van der Waals surface area contributed by atoms with Crippen molar-refractivity contribution in [3.05, 3.63) is 60.9 Å². The van der Waals surface area contributed by atoms with Crippen molar-refractivity contribution >= 4 is 11.7 Å². The number of nitrogens with one attached hydrogen (secondary N) is 1. The van der Waals surface area contributed by atoms with E-state index >= 15 is 0 Å². The summed E-state index contributed by atoms with van der Waals surface area (Å²) in [6.45, 7) is 0. The van der Waals surface area contributed by atoms with Crippen molar-refractivity contribution in [3.63, 3.8) is 0 Å². The average Bonchev–Trinajstić information content (AvgIpc) is 3.20. The zero-order chi connectivity index (χ0) is 17.8. The third-order valence-corrected chi connectivity index (χ3v) is 3.21. The lowest BCUT2D eigenvalue weighted by Gasteiger charge is -2.05. The monoisotopic (exact) mass is 346 g/mol. The quantitative estimate of drug-likeness (QED) is 0.561. The van der Waals surface area contributed by atoms with Crippen molar-refractivity contribution < 1.29 is 4.79 Å². The molecule has 0 unspecified atom stereocenters. The van der Waals surface area contributed by atoms with E-state index in [4.69, 9.17) is 0 Å². The largest absolute Gasteiger partial charge is 0.304 e.